The molecule has 8 heteroatoms. The number of likely N-dealkylation sites (tertiary alicyclic amines) is 1. The van der Waals surface area contributed by atoms with Crippen LogP contribution in [0.25, 0.3) is 0 Å². The van der Waals surface area contributed by atoms with Crippen molar-refractivity contribution in [3.05, 3.63) is 16.1 Å². The molecule has 1 aliphatic rings. The number of hydrogen-bond donors (Lipinski definition) is 2. The van der Waals surface area contributed by atoms with Gasteiger partial charge in [-0.15, -0.1) is 11.3 Å². The van der Waals surface area contributed by atoms with Gasteiger partial charge in [-0.05, 0) is 33.1 Å². The Kier molecular flexibility index (Phi) is 7.97. The van der Waals surface area contributed by atoms with Gasteiger partial charge < -0.3 is 20.3 Å². The van der Waals surface area contributed by atoms with Gasteiger partial charge >= 0.3 is 6.09 Å². The summed E-state index contributed by atoms with van der Waals surface area (Å²) in [5.41, 5.74) is 1.10. The predicted octanol–water partition coefficient (Wildman–Crippen LogP) is 2.17. The fourth-order valence-corrected chi connectivity index (χ4v) is 3.59. The Morgan fingerprint density at radius 3 is 2.84 bits per heavy atom. The molecule has 2 N–H and O–H groups in total. The van der Waals surface area contributed by atoms with E-state index in [4.69, 9.17) is 4.74 Å². The molecule has 1 fully saturated rings. The normalized spacial score (nSPS) is 16.0. The van der Waals surface area contributed by atoms with E-state index in [-0.39, 0.29) is 6.09 Å². The Labute approximate surface area is 153 Å². The number of carbonyl (C=O) groups excluding carboxylic acids is 1. The topological polar surface area (TPSA) is 78.8 Å². The zero-order valence-corrected chi connectivity index (χ0v) is 16.2. The van der Waals surface area contributed by atoms with Gasteiger partial charge in [0.2, 0.25) is 0 Å². The van der Waals surface area contributed by atoms with E-state index in [1.54, 1.807) is 23.3 Å². The number of guanidine groups is 1. The molecule has 1 amide bonds. The van der Waals surface area contributed by atoms with Crippen LogP contribution in [0.3, 0.4) is 0 Å². The molecule has 1 aromatic heterocycles. The third kappa shape index (κ3) is 6.53. The lowest BCUT2D eigenvalue weighted by molar-refractivity contribution is 0.0963. The maximum Gasteiger partial charge on any atom is 0.409 e. The van der Waals surface area contributed by atoms with Crippen LogP contribution in [0.1, 0.15) is 36.9 Å². The molecule has 2 rings (SSSR count). The molecule has 0 aliphatic carbocycles. The Morgan fingerprint density at radius 2 is 2.24 bits per heavy atom. The second-order valence-electron chi connectivity index (χ2n) is 6.09. The fraction of sp³-hybridized carbons (Fsp3) is 0.706. The van der Waals surface area contributed by atoms with Gasteiger partial charge in [-0.2, -0.15) is 0 Å². The van der Waals surface area contributed by atoms with Crippen LogP contribution >= 0.6 is 11.3 Å². The van der Waals surface area contributed by atoms with Crippen LogP contribution in [0, 0.1) is 6.92 Å². The number of nitrogens with zero attached hydrogens (tertiary/aromatic N) is 3. The van der Waals surface area contributed by atoms with Gasteiger partial charge in [0.05, 0.1) is 11.6 Å². The molecule has 0 aromatic carbocycles. The Morgan fingerprint density at radius 1 is 1.48 bits per heavy atom. The SMILES string of the molecule is CCOC(=O)N1CCC(NC(=NC)NCCCc2nc(C)cs2)CC1. The van der Waals surface area contributed by atoms with E-state index in [0.29, 0.717) is 12.6 Å². The molecule has 1 saturated heterocycles. The molecule has 0 spiro atoms. The van der Waals surface area contributed by atoms with E-state index in [1.165, 1.54) is 5.01 Å². The average Bonchev–Trinajstić information content (AvgIpc) is 3.03. The largest absolute Gasteiger partial charge is 0.450 e. The molecular formula is C17H29N5O2S. The summed E-state index contributed by atoms with van der Waals surface area (Å²) in [6.07, 6.45) is 3.60. The summed E-state index contributed by atoms with van der Waals surface area (Å²) in [5, 5.41) is 10.1. The highest BCUT2D eigenvalue weighted by molar-refractivity contribution is 7.09. The Hall–Kier alpha value is -1.83. The first kappa shape index (κ1) is 19.5. The molecule has 0 saturated carbocycles. The maximum atomic E-state index is 11.7. The highest BCUT2D eigenvalue weighted by atomic mass is 32.1. The van der Waals surface area contributed by atoms with Crippen LogP contribution in [0.4, 0.5) is 4.79 Å². The van der Waals surface area contributed by atoms with Gasteiger partial charge in [0.1, 0.15) is 0 Å². The molecule has 25 heavy (non-hydrogen) atoms. The minimum Gasteiger partial charge on any atom is -0.450 e. The third-order valence-electron chi connectivity index (χ3n) is 4.11. The standard InChI is InChI=1S/C17H29N5O2S/c1-4-24-17(23)22-10-7-14(8-11-22)21-16(18-3)19-9-5-6-15-20-13(2)12-25-15/h12,14H,4-11H2,1-3H3,(H2,18,19,21). The predicted molar refractivity (Wildman–Crippen MR) is 101 cm³/mol. The fourth-order valence-electron chi connectivity index (χ4n) is 2.77. The Bertz CT molecular complexity index is 567. The number of rotatable bonds is 6. The molecule has 1 aliphatic heterocycles. The number of carbonyl (C=O) groups is 1. The number of amides is 1. The lowest BCUT2D eigenvalue weighted by Gasteiger charge is -2.32. The van der Waals surface area contributed by atoms with Crippen LogP contribution < -0.4 is 10.6 Å². The average molecular weight is 368 g/mol. The summed E-state index contributed by atoms with van der Waals surface area (Å²) in [7, 11) is 1.78. The number of nitrogens with one attached hydrogen (secondary N) is 2. The first-order valence-electron chi connectivity index (χ1n) is 8.92. The van der Waals surface area contributed by atoms with Crippen LogP contribution in [0.5, 0.6) is 0 Å². The summed E-state index contributed by atoms with van der Waals surface area (Å²) in [4.78, 5) is 22.3. The van der Waals surface area contributed by atoms with E-state index in [1.807, 2.05) is 13.8 Å². The number of hydrogen-bond acceptors (Lipinski definition) is 5. The molecule has 0 radical (unpaired) electrons. The monoisotopic (exact) mass is 367 g/mol. The minimum atomic E-state index is -0.208. The molecule has 0 unspecified atom stereocenters. The van der Waals surface area contributed by atoms with Crippen molar-refractivity contribution in [3.63, 3.8) is 0 Å². The number of aromatic nitrogens is 1. The van der Waals surface area contributed by atoms with E-state index in [9.17, 15) is 4.79 Å². The van der Waals surface area contributed by atoms with Crippen molar-refractivity contribution in [3.8, 4) is 0 Å². The van der Waals surface area contributed by atoms with E-state index in [0.717, 1.165) is 57.0 Å². The summed E-state index contributed by atoms with van der Waals surface area (Å²) < 4.78 is 5.05. The number of thiazole rings is 1. The lowest BCUT2D eigenvalue weighted by atomic mass is 10.1. The number of aryl methyl sites for hydroxylation is 2. The van der Waals surface area contributed by atoms with E-state index >= 15 is 0 Å². The van der Waals surface area contributed by atoms with E-state index in [2.05, 4.69) is 26.0 Å². The van der Waals surface area contributed by atoms with Crippen molar-refractivity contribution in [2.45, 2.75) is 45.6 Å². The van der Waals surface area contributed by atoms with Crippen molar-refractivity contribution in [2.24, 2.45) is 4.99 Å². The molecule has 140 valence electrons. The minimum absolute atomic E-state index is 0.208. The summed E-state index contributed by atoms with van der Waals surface area (Å²) in [6, 6.07) is 0.332. The Balaban J connectivity index is 1.64. The molecule has 0 atom stereocenters. The van der Waals surface area contributed by atoms with Gasteiger partial charge in [0, 0.05) is 50.2 Å². The van der Waals surface area contributed by atoms with Crippen LogP contribution in [-0.2, 0) is 11.2 Å². The number of ether oxygens (including phenoxy) is 1. The molecule has 7 nitrogen and oxygen atoms in total. The van der Waals surface area contributed by atoms with Gasteiger partial charge in [0.25, 0.3) is 0 Å². The quantitative estimate of drug-likeness (QED) is 0.458. The first-order valence-corrected chi connectivity index (χ1v) is 9.80. The van der Waals surface area contributed by atoms with Crippen molar-refractivity contribution in [1.82, 2.24) is 20.5 Å². The van der Waals surface area contributed by atoms with Crippen molar-refractivity contribution < 1.29 is 9.53 Å². The smallest absolute Gasteiger partial charge is 0.409 e. The third-order valence-corrected chi connectivity index (χ3v) is 5.14. The lowest BCUT2D eigenvalue weighted by Crippen LogP contribution is -2.50. The molecule has 1 aromatic rings. The molecule has 0 bridgehead atoms. The van der Waals surface area contributed by atoms with Gasteiger partial charge in [-0.25, -0.2) is 9.78 Å². The van der Waals surface area contributed by atoms with E-state index < -0.39 is 0 Å². The summed E-state index contributed by atoms with van der Waals surface area (Å²) in [5.74, 6) is 0.824. The maximum absolute atomic E-state index is 11.7. The second kappa shape index (κ2) is 10.2. The van der Waals surface area contributed by atoms with Crippen molar-refractivity contribution in [2.75, 3.05) is 33.3 Å². The van der Waals surface area contributed by atoms with Gasteiger partial charge in [-0.1, -0.05) is 0 Å². The van der Waals surface area contributed by atoms with Crippen LogP contribution in [-0.4, -0.2) is 61.3 Å². The zero-order valence-electron chi connectivity index (χ0n) is 15.4. The summed E-state index contributed by atoms with van der Waals surface area (Å²) >= 11 is 1.72. The molecule has 2 heterocycles. The number of aliphatic imine (C=N–C) groups is 1. The van der Waals surface area contributed by atoms with Crippen LogP contribution in [0.2, 0.25) is 0 Å². The zero-order chi connectivity index (χ0) is 18.1. The van der Waals surface area contributed by atoms with Gasteiger partial charge in [0.15, 0.2) is 5.96 Å². The van der Waals surface area contributed by atoms with Crippen LogP contribution in [0.15, 0.2) is 10.4 Å². The highest BCUT2D eigenvalue weighted by Gasteiger charge is 2.23. The molecular weight excluding hydrogens is 338 g/mol. The highest BCUT2D eigenvalue weighted by Crippen LogP contribution is 2.12. The number of piperidine rings is 1. The second-order valence-corrected chi connectivity index (χ2v) is 7.03. The summed E-state index contributed by atoms with van der Waals surface area (Å²) in [6.45, 7) is 6.58. The van der Waals surface area contributed by atoms with Crippen molar-refractivity contribution in [1.29, 1.82) is 0 Å². The van der Waals surface area contributed by atoms with Crippen molar-refractivity contribution >= 4 is 23.4 Å². The first-order chi connectivity index (χ1) is 12.1. The van der Waals surface area contributed by atoms with Gasteiger partial charge in [-0.3, -0.25) is 4.99 Å².